The number of hydrogen-bond acceptors (Lipinski definition) is 6. The van der Waals surface area contributed by atoms with E-state index in [2.05, 4.69) is 26.3 Å². The second-order valence-corrected chi connectivity index (χ2v) is 7.31. The smallest absolute Gasteiger partial charge is 0.350 e. The zero-order chi connectivity index (χ0) is 18.8. The van der Waals surface area contributed by atoms with Crippen LogP contribution in [-0.4, -0.2) is 45.0 Å². The highest BCUT2D eigenvalue weighted by Crippen LogP contribution is 2.33. The molecule has 0 bridgehead atoms. The monoisotopic (exact) mass is 401 g/mol. The summed E-state index contributed by atoms with van der Waals surface area (Å²) >= 11 is 7.33. The van der Waals surface area contributed by atoms with Crippen molar-refractivity contribution in [2.24, 2.45) is 0 Å². The predicted octanol–water partition coefficient (Wildman–Crippen LogP) is 2.12. The van der Waals surface area contributed by atoms with Crippen LogP contribution in [0.15, 0.2) is 34.2 Å². The summed E-state index contributed by atoms with van der Waals surface area (Å²) in [7, 11) is 0. The Labute approximate surface area is 164 Å². The Hall–Kier alpha value is -2.31. The molecule has 9 heteroatoms. The Morgan fingerprint density at radius 1 is 1.41 bits per heavy atom. The molecule has 4 rings (SSSR count). The molecule has 1 aliphatic heterocycles. The summed E-state index contributed by atoms with van der Waals surface area (Å²) < 4.78 is 7.15. The first-order valence-corrected chi connectivity index (χ1v) is 9.71. The maximum atomic E-state index is 12.6. The highest BCUT2D eigenvalue weighted by atomic mass is 35.5. The third-order valence-electron chi connectivity index (χ3n) is 4.16. The first kappa shape index (κ1) is 18.1. The minimum atomic E-state index is -0.371. The van der Waals surface area contributed by atoms with Crippen LogP contribution in [0.3, 0.4) is 0 Å². The van der Waals surface area contributed by atoms with E-state index in [0.717, 1.165) is 17.7 Å². The first-order valence-electron chi connectivity index (χ1n) is 8.35. The lowest BCUT2D eigenvalue weighted by Gasteiger charge is -2.22. The Balaban J connectivity index is 1.93. The lowest BCUT2D eigenvalue weighted by atomic mass is 10.0. The SMILES string of the molecule is C#CCSc1nc2c(-c3ccc(Cl)cc3)c(C3CNCCO3)nn2c(=O)[nH]1. The summed E-state index contributed by atoms with van der Waals surface area (Å²) in [5.74, 6) is 2.94. The van der Waals surface area contributed by atoms with Crippen LogP contribution in [0.25, 0.3) is 16.8 Å². The van der Waals surface area contributed by atoms with Crippen LogP contribution < -0.4 is 11.0 Å². The Morgan fingerprint density at radius 3 is 2.93 bits per heavy atom. The Morgan fingerprint density at radius 2 is 2.22 bits per heavy atom. The van der Waals surface area contributed by atoms with Gasteiger partial charge in [-0.05, 0) is 17.7 Å². The van der Waals surface area contributed by atoms with Crippen molar-refractivity contribution in [1.29, 1.82) is 0 Å². The maximum Gasteiger partial charge on any atom is 0.350 e. The molecule has 27 heavy (non-hydrogen) atoms. The molecule has 3 heterocycles. The van der Waals surface area contributed by atoms with Crippen LogP contribution in [0.1, 0.15) is 11.8 Å². The van der Waals surface area contributed by atoms with Crippen molar-refractivity contribution in [3.8, 4) is 23.5 Å². The number of fused-ring (bicyclic) bond motifs is 1. The zero-order valence-corrected chi connectivity index (χ0v) is 15.8. The van der Waals surface area contributed by atoms with Gasteiger partial charge in [0.25, 0.3) is 0 Å². The molecule has 1 aromatic carbocycles. The molecule has 3 aromatic rings. The molecular formula is C18H16ClN5O2S. The topological polar surface area (TPSA) is 84.3 Å². The number of terminal acetylenes is 1. The van der Waals surface area contributed by atoms with Gasteiger partial charge in [-0.1, -0.05) is 41.4 Å². The fourth-order valence-electron chi connectivity index (χ4n) is 2.98. The number of morpholine rings is 1. The number of rotatable bonds is 4. The maximum absolute atomic E-state index is 12.6. The number of aromatic nitrogens is 4. The van der Waals surface area contributed by atoms with E-state index in [-0.39, 0.29) is 11.8 Å². The van der Waals surface area contributed by atoms with Crippen LogP contribution in [0.2, 0.25) is 5.02 Å². The summed E-state index contributed by atoms with van der Waals surface area (Å²) in [5, 5.41) is 8.89. The number of hydrogen-bond donors (Lipinski definition) is 2. The van der Waals surface area contributed by atoms with Crippen LogP contribution in [0.4, 0.5) is 0 Å². The van der Waals surface area contributed by atoms with Crippen molar-refractivity contribution in [3.05, 3.63) is 45.5 Å². The molecule has 0 spiro atoms. The summed E-state index contributed by atoms with van der Waals surface area (Å²) in [6.45, 7) is 1.97. The highest BCUT2D eigenvalue weighted by Gasteiger charge is 2.27. The predicted molar refractivity (Wildman–Crippen MR) is 105 cm³/mol. The molecule has 1 aliphatic rings. The minimum Gasteiger partial charge on any atom is -0.369 e. The number of nitrogens with zero attached hydrogens (tertiary/aromatic N) is 3. The minimum absolute atomic E-state index is 0.271. The number of halogens is 1. The molecule has 0 amide bonds. The van der Waals surface area contributed by atoms with Gasteiger partial charge in [0.1, 0.15) is 11.8 Å². The molecule has 1 unspecified atom stereocenters. The molecule has 0 radical (unpaired) electrons. The Kier molecular flexibility index (Phi) is 5.18. The molecular weight excluding hydrogens is 386 g/mol. The van der Waals surface area contributed by atoms with Gasteiger partial charge < -0.3 is 10.1 Å². The van der Waals surface area contributed by atoms with Gasteiger partial charge in [0, 0.05) is 18.1 Å². The van der Waals surface area contributed by atoms with E-state index in [1.54, 1.807) is 12.1 Å². The Bertz CT molecular complexity index is 1060. The molecule has 2 aromatic heterocycles. The third-order valence-corrected chi connectivity index (χ3v) is 5.19. The van der Waals surface area contributed by atoms with Gasteiger partial charge in [0.15, 0.2) is 10.8 Å². The molecule has 0 saturated carbocycles. The number of aromatic amines is 1. The van der Waals surface area contributed by atoms with Crippen LogP contribution >= 0.6 is 23.4 Å². The van der Waals surface area contributed by atoms with Crippen molar-refractivity contribution in [2.45, 2.75) is 11.3 Å². The van der Waals surface area contributed by atoms with Gasteiger partial charge in [-0.2, -0.15) is 9.61 Å². The van der Waals surface area contributed by atoms with E-state index < -0.39 is 0 Å². The van der Waals surface area contributed by atoms with Crippen LogP contribution in [-0.2, 0) is 4.74 Å². The molecule has 138 valence electrons. The van der Waals surface area contributed by atoms with E-state index in [1.807, 2.05) is 12.1 Å². The highest BCUT2D eigenvalue weighted by molar-refractivity contribution is 7.99. The van der Waals surface area contributed by atoms with Crippen molar-refractivity contribution < 1.29 is 4.74 Å². The molecule has 1 atom stereocenters. The summed E-state index contributed by atoms with van der Waals surface area (Å²) in [4.78, 5) is 19.9. The normalized spacial score (nSPS) is 17.1. The molecule has 0 aliphatic carbocycles. The summed E-state index contributed by atoms with van der Waals surface area (Å²) in [5.41, 5.74) is 2.38. The second-order valence-electron chi connectivity index (χ2n) is 5.91. The average Bonchev–Trinajstić information content (AvgIpc) is 3.08. The van der Waals surface area contributed by atoms with Gasteiger partial charge in [-0.3, -0.25) is 4.98 Å². The molecule has 2 N–H and O–H groups in total. The van der Waals surface area contributed by atoms with Crippen LogP contribution in [0, 0.1) is 12.3 Å². The van der Waals surface area contributed by atoms with E-state index in [9.17, 15) is 4.79 Å². The average molecular weight is 402 g/mol. The molecule has 7 nitrogen and oxygen atoms in total. The van der Waals surface area contributed by atoms with Crippen molar-refractivity contribution >= 4 is 29.0 Å². The van der Waals surface area contributed by atoms with Crippen LogP contribution in [0.5, 0.6) is 0 Å². The quantitative estimate of drug-likeness (QED) is 0.514. The fourth-order valence-corrected chi connectivity index (χ4v) is 3.63. The first-order chi connectivity index (χ1) is 13.2. The lowest BCUT2D eigenvalue weighted by molar-refractivity contribution is 0.0252. The van der Waals surface area contributed by atoms with Crippen molar-refractivity contribution in [1.82, 2.24) is 24.9 Å². The second kappa shape index (κ2) is 7.74. The van der Waals surface area contributed by atoms with E-state index in [1.165, 1.54) is 16.3 Å². The number of thioether (sulfide) groups is 1. The van der Waals surface area contributed by atoms with Gasteiger partial charge >= 0.3 is 5.69 Å². The van der Waals surface area contributed by atoms with Gasteiger partial charge in [0.05, 0.1) is 17.9 Å². The molecule has 1 saturated heterocycles. The molecule has 1 fully saturated rings. The van der Waals surface area contributed by atoms with Gasteiger partial charge in [-0.15, -0.1) is 6.42 Å². The number of H-pyrrole nitrogens is 1. The number of nitrogens with one attached hydrogen (secondary N) is 2. The summed E-state index contributed by atoms with van der Waals surface area (Å²) in [6.07, 6.45) is 5.05. The van der Waals surface area contributed by atoms with Gasteiger partial charge in [0.2, 0.25) is 0 Å². The van der Waals surface area contributed by atoms with Crippen molar-refractivity contribution in [3.63, 3.8) is 0 Å². The summed E-state index contributed by atoms with van der Waals surface area (Å²) in [6, 6.07) is 7.36. The standard InChI is InChI=1S/C18H16ClN5O2S/c1-2-9-27-17-21-16-14(11-3-5-12(19)6-4-11)15(13-10-20-7-8-26-13)23-24(16)18(25)22-17/h1,3-6,13,20H,7-10H2,(H,21,22,25). The fraction of sp³-hybridized carbons (Fsp3) is 0.278. The van der Waals surface area contributed by atoms with Gasteiger partial charge in [-0.25, -0.2) is 9.78 Å². The lowest BCUT2D eigenvalue weighted by Crippen LogP contribution is -2.33. The third kappa shape index (κ3) is 3.59. The number of benzene rings is 1. The zero-order valence-electron chi connectivity index (χ0n) is 14.2. The number of ether oxygens (including phenoxy) is 1. The van der Waals surface area contributed by atoms with Crippen molar-refractivity contribution in [2.75, 3.05) is 25.4 Å². The van der Waals surface area contributed by atoms with E-state index in [4.69, 9.17) is 22.8 Å². The largest absolute Gasteiger partial charge is 0.369 e. The van der Waals surface area contributed by atoms with E-state index in [0.29, 0.717) is 40.4 Å². The van der Waals surface area contributed by atoms with E-state index >= 15 is 0 Å².